The minimum Gasteiger partial charge on any atom is -0.507 e. The van der Waals surface area contributed by atoms with E-state index in [1.54, 1.807) is 18.3 Å². The SMILES string of the molecule is Oc1ccccc1C1=NC=CCN1. The lowest BCUT2D eigenvalue weighted by Gasteiger charge is -2.11. The predicted molar refractivity (Wildman–Crippen MR) is 51.8 cm³/mol. The Bertz CT molecular complexity index is 369. The fourth-order valence-electron chi connectivity index (χ4n) is 1.22. The second-order valence-electron chi connectivity index (χ2n) is 2.76. The maximum Gasteiger partial charge on any atom is 0.137 e. The lowest BCUT2D eigenvalue weighted by atomic mass is 10.1. The second-order valence-corrected chi connectivity index (χ2v) is 2.76. The summed E-state index contributed by atoms with van der Waals surface area (Å²) in [6, 6.07) is 7.15. The normalized spacial score (nSPS) is 14.9. The fourth-order valence-corrected chi connectivity index (χ4v) is 1.22. The molecule has 1 aliphatic heterocycles. The smallest absolute Gasteiger partial charge is 0.137 e. The number of amidine groups is 1. The van der Waals surface area contributed by atoms with Crippen LogP contribution >= 0.6 is 0 Å². The molecule has 0 aromatic heterocycles. The minimum atomic E-state index is 0.254. The molecule has 3 heteroatoms. The van der Waals surface area contributed by atoms with E-state index in [9.17, 15) is 5.11 Å². The van der Waals surface area contributed by atoms with Crippen LogP contribution in [0.2, 0.25) is 0 Å². The molecule has 0 fully saturated rings. The number of hydrogen-bond acceptors (Lipinski definition) is 3. The van der Waals surface area contributed by atoms with Gasteiger partial charge in [0.15, 0.2) is 0 Å². The predicted octanol–water partition coefficient (Wildman–Crippen LogP) is 1.26. The van der Waals surface area contributed by atoms with Crippen molar-refractivity contribution in [3.8, 4) is 5.75 Å². The first-order valence-electron chi connectivity index (χ1n) is 4.13. The van der Waals surface area contributed by atoms with E-state index < -0.39 is 0 Å². The van der Waals surface area contributed by atoms with Crippen molar-refractivity contribution in [2.45, 2.75) is 0 Å². The van der Waals surface area contributed by atoms with Crippen molar-refractivity contribution in [1.82, 2.24) is 5.32 Å². The first-order chi connectivity index (χ1) is 6.38. The largest absolute Gasteiger partial charge is 0.507 e. The van der Waals surface area contributed by atoms with E-state index in [0.29, 0.717) is 0 Å². The van der Waals surface area contributed by atoms with Gasteiger partial charge in [0.1, 0.15) is 11.6 Å². The summed E-state index contributed by atoms with van der Waals surface area (Å²) >= 11 is 0. The molecule has 0 radical (unpaired) electrons. The Morgan fingerprint density at radius 3 is 2.85 bits per heavy atom. The molecule has 13 heavy (non-hydrogen) atoms. The Morgan fingerprint density at radius 2 is 2.15 bits per heavy atom. The number of para-hydroxylation sites is 1. The molecule has 2 N–H and O–H groups in total. The van der Waals surface area contributed by atoms with Gasteiger partial charge in [0, 0.05) is 12.7 Å². The molecule has 0 spiro atoms. The zero-order valence-corrected chi connectivity index (χ0v) is 7.07. The van der Waals surface area contributed by atoms with Crippen LogP contribution in [0.4, 0.5) is 0 Å². The Labute approximate surface area is 76.4 Å². The van der Waals surface area contributed by atoms with Crippen molar-refractivity contribution in [3.05, 3.63) is 42.1 Å². The third-order valence-corrected chi connectivity index (χ3v) is 1.86. The third kappa shape index (κ3) is 1.54. The lowest BCUT2D eigenvalue weighted by Crippen LogP contribution is -2.26. The van der Waals surface area contributed by atoms with Crippen molar-refractivity contribution in [2.24, 2.45) is 4.99 Å². The first-order valence-corrected chi connectivity index (χ1v) is 4.13. The van der Waals surface area contributed by atoms with Gasteiger partial charge >= 0.3 is 0 Å². The van der Waals surface area contributed by atoms with Crippen LogP contribution in [0.25, 0.3) is 0 Å². The van der Waals surface area contributed by atoms with Crippen LogP contribution in [0.1, 0.15) is 5.56 Å². The second kappa shape index (κ2) is 3.31. The molecule has 0 saturated carbocycles. The van der Waals surface area contributed by atoms with Crippen molar-refractivity contribution < 1.29 is 5.11 Å². The fraction of sp³-hybridized carbons (Fsp3) is 0.100. The van der Waals surface area contributed by atoms with Crippen LogP contribution < -0.4 is 5.32 Å². The van der Waals surface area contributed by atoms with Gasteiger partial charge in [0.05, 0.1) is 5.56 Å². The molecule has 3 nitrogen and oxygen atoms in total. The molecule has 0 amide bonds. The van der Waals surface area contributed by atoms with E-state index in [1.165, 1.54) is 0 Å². The van der Waals surface area contributed by atoms with Gasteiger partial charge in [0.25, 0.3) is 0 Å². The maximum absolute atomic E-state index is 9.52. The summed E-state index contributed by atoms with van der Waals surface area (Å²) in [6.45, 7) is 0.757. The molecule has 0 unspecified atom stereocenters. The molecular weight excluding hydrogens is 164 g/mol. The minimum absolute atomic E-state index is 0.254. The van der Waals surface area contributed by atoms with Gasteiger partial charge in [-0.25, -0.2) is 4.99 Å². The molecule has 2 rings (SSSR count). The van der Waals surface area contributed by atoms with E-state index in [-0.39, 0.29) is 5.75 Å². The quantitative estimate of drug-likeness (QED) is 0.673. The zero-order chi connectivity index (χ0) is 9.10. The monoisotopic (exact) mass is 174 g/mol. The van der Waals surface area contributed by atoms with E-state index in [4.69, 9.17) is 0 Å². The van der Waals surface area contributed by atoms with Gasteiger partial charge in [-0.2, -0.15) is 0 Å². The standard InChI is InChI=1S/C10H10N2O/c13-9-5-2-1-4-8(9)10-11-6-3-7-12-10/h1-6,13H,7H2,(H,11,12). The molecule has 1 aromatic rings. The lowest BCUT2D eigenvalue weighted by molar-refractivity contribution is 0.474. The molecule has 66 valence electrons. The Kier molecular flexibility index (Phi) is 2.00. The van der Waals surface area contributed by atoms with Gasteiger partial charge in [-0.3, -0.25) is 0 Å². The number of benzene rings is 1. The van der Waals surface area contributed by atoms with Gasteiger partial charge in [-0.05, 0) is 18.2 Å². The Morgan fingerprint density at radius 1 is 1.31 bits per heavy atom. The summed E-state index contributed by atoms with van der Waals surface area (Å²) in [5, 5.41) is 12.6. The number of nitrogens with zero attached hydrogens (tertiary/aromatic N) is 1. The summed E-state index contributed by atoms with van der Waals surface area (Å²) in [7, 11) is 0. The topological polar surface area (TPSA) is 44.6 Å². The average molecular weight is 174 g/mol. The van der Waals surface area contributed by atoms with Crippen LogP contribution in [0.3, 0.4) is 0 Å². The highest BCUT2D eigenvalue weighted by Gasteiger charge is 2.07. The average Bonchev–Trinajstić information content (AvgIpc) is 2.20. The van der Waals surface area contributed by atoms with E-state index >= 15 is 0 Å². The number of rotatable bonds is 1. The van der Waals surface area contributed by atoms with Crippen LogP contribution in [0.5, 0.6) is 5.75 Å². The van der Waals surface area contributed by atoms with Crippen molar-refractivity contribution in [3.63, 3.8) is 0 Å². The van der Waals surface area contributed by atoms with E-state index in [1.807, 2.05) is 18.2 Å². The third-order valence-electron chi connectivity index (χ3n) is 1.86. The van der Waals surface area contributed by atoms with Gasteiger partial charge in [-0.1, -0.05) is 12.1 Å². The van der Waals surface area contributed by atoms with Crippen LogP contribution in [-0.4, -0.2) is 17.5 Å². The molecule has 1 aromatic carbocycles. The van der Waals surface area contributed by atoms with Crippen molar-refractivity contribution in [1.29, 1.82) is 0 Å². The van der Waals surface area contributed by atoms with Crippen LogP contribution in [-0.2, 0) is 0 Å². The number of nitrogens with one attached hydrogen (secondary N) is 1. The number of phenols is 1. The summed E-state index contributed by atoms with van der Waals surface area (Å²) < 4.78 is 0. The van der Waals surface area contributed by atoms with E-state index in [2.05, 4.69) is 10.3 Å². The number of aromatic hydroxyl groups is 1. The summed E-state index contributed by atoms with van der Waals surface area (Å²) in [5.74, 6) is 0.977. The Hall–Kier alpha value is -1.77. The molecule has 0 bridgehead atoms. The van der Waals surface area contributed by atoms with Gasteiger partial charge in [0.2, 0.25) is 0 Å². The first kappa shape index (κ1) is 7.86. The van der Waals surface area contributed by atoms with Crippen LogP contribution in [0, 0.1) is 0 Å². The van der Waals surface area contributed by atoms with Crippen molar-refractivity contribution in [2.75, 3.05) is 6.54 Å². The molecule has 0 atom stereocenters. The molecular formula is C10H10N2O. The highest BCUT2D eigenvalue weighted by atomic mass is 16.3. The molecule has 0 aliphatic carbocycles. The van der Waals surface area contributed by atoms with Gasteiger partial charge < -0.3 is 10.4 Å². The summed E-state index contributed by atoms with van der Waals surface area (Å²) in [6.07, 6.45) is 3.65. The maximum atomic E-state index is 9.52. The van der Waals surface area contributed by atoms with Crippen molar-refractivity contribution >= 4 is 5.84 Å². The van der Waals surface area contributed by atoms with E-state index in [0.717, 1.165) is 17.9 Å². The molecule has 0 saturated heterocycles. The summed E-state index contributed by atoms with van der Waals surface area (Å²) in [4.78, 5) is 4.13. The van der Waals surface area contributed by atoms with Gasteiger partial charge in [-0.15, -0.1) is 0 Å². The Balaban J connectivity index is 2.40. The van der Waals surface area contributed by atoms with Crippen LogP contribution in [0.15, 0.2) is 41.5 Å². The highest BCUT2D eigenvalue weighted by Crippen LogP contribution is 2.16. The number of aliphatic imine (C=N–C) groups is 1. The number of hydrogen-bond donors (Lipinski definition) is 2. The molecule has 1 aliphatic rings. The number of phenolic OH excluding ortho intramolecular Hbond substituents is 1. The highest BCUT2D eigenvalue weighted by molar-refractivity contribution is 6.01. The molecule has 1 heterocycles. The summed E-state index contributed by atoms with van der Waals surface area (Å²) in [5.41, 5.74) is 0.742. The zero-order valence-electron chi connectivity index (χ0n) is 7.07.